The van der Waals surface area contributed by atoms with Crippen LogP contribution < -0.4 is 14.8 Å². The first-order valence-corrected chi connectivity index (χ1v) is 7.42. The number of hydrogen-bond acceptors (Lipinski definition) is 6. The Bertz CT molecular complexity index is 791. The lowest BCUT2D eigenvalue weighted by Crippen LogP contribution is -2.25. The average Bonchev–Trinajstić information content (AvgIpc) is 2.61. The Hall–Kier alpha value is -3.29. The number of nitrogens with zero attached hydrogens (tertiary/aromatic N) is 1. The van der Waals surface area contributed by atoms with Gasteiger partial charge in [0.15, 0.2) is 11.5 Å². The molecule has 0 aliphatic rings. The van der Waals surface area contributed by atoms with Gasteiger partial charge in [0.2, 0.25) is 0 Å². The zero-order chi connectivity index (χ0) is 18.4. The quantitative estimate of drug-likeness (QED) is 0.588. The number of aromatic hydroxyl groups is 1. The number of nitro benzene ring substituents is 1. The third-order valence-electron chi connectivity index (χ3n) is 3.58. The SMILES string of the molecule is COc1ccc(CCNC(=O)c2cc([N+](=O)[O-])ccc2O)cc1OC. The van der Waals surface area contributed by atoms with Crippen molar-refractivity contribution in [2.45, 2.75) is 6.42 Å². The molecule has 0 unspecified atom stereocenters. The summed E-state index contributed by atoms with van der Waals surface area (Å²) in [7, 11) is 3.08. The maximum atomic E-state index is 12.1. The molecule has 0 atom stereocenters. The standard InChI is InChI=1S/C17H18N2O6/c1-24-15-6-3-11(9-16(15)25-2)7-8-18-17(21)13-10-12(19(22)23)4-5-14(13)20/h3-6,9-10,20H,7-8H2,1-2H3,(H,18,21). The topological polar surface area (TPSA) is 111 Å². The molecule has 8 nitrogen and oxygen atoms in total. The number of nitrogens with one attached hydrogen (secondary N) is 1. The molecule has 0 heterocycles. The van der Waals surface area contributed by atoms with Crippen molar-refractivity contribution in [2.24, 2.45) is 0 Å². The summed E-state index contributed by atoms with van der Waals surface area (Å²) in [6, 6.07) is 8.72. The number of methoxy groups -OCH3 is 2. The molecule has 0 aromatic heterocycles. The van der Waals surface area contributed by atoms with Gasteiger partial charge in [-0.3, -0.25) is 14.9 Å². The molecule has 0 fully saturated rings. The summed E-state index contributed by atoms with van der Waals surface area (Å²) in [5.74, 6) is 0.301. The molecule has 25 heavy (non-hydrogen) atoms. The molecule has 2 N–H and O–H groups in total. The molecule has 0 aliphatic carbocycles. The van der Waals surface area contributed by atoms with E-state index < -0.39 is 10.8 Å². The minimum atomic E-state index is -0.625. The van der Waals surface area contributed by atoms with Crippen LogP contribution in [0, 0.1) is 10.1 Å². The zero-order valence-corrected chi connectivity index (χ0v) is 13.8. The van der Waals surface area contributed by atoms with Gasteiger partial charge < -0.3 is 19.9 Å². The van der Waals surface area contributed by atoms with Crippen molar-refractivity contribution in [1.82, 2.24) is 5.32 Å². The van der Waals surface area contributed by atoms with Crippen LogP contribution in [0.1, 0.15) is 15.9 Å². The Morgan fingerprint density at radius 2 is 1.88 bits per heavy atom. The van der Waals surface area contributed by atoms with Crippen molar-refractivity contribution in [2.75, 3.05) is 20.8 Å². The van der Waals surface area contributed by atoms with E-state index in [-0.39, 0.29) is 23.5 Å². The van der Waals surface area contributed by atoms with Gasteiger partial charge in [-0.1, -0.05) is 6.07 Å². The first-order valence-electron chi connectivity index (χ1n) is 7.42. The minimum absolute atomic E-state index is 0.137. The Morgan fingerprint density at radius 1 is 1.16 bits per heavy atom. The highest BCUT2D eigenvalue weighted by Gasteiger charge is 2.16. The lowest BCUT2D eigenvalue weighted by Gasteiger charge is -2.10. The summed E-state index contributed by atoms with van der Waals surface area (Å²) in [4.78, 5) is 22.3. The Labute approximate surface area is 144 Å². The van der Waals surface area contributed by atoms with Gasteiger partial charge in [0.25, 0.3) is 11.6 Å². The number of rotatable bonds is 7. The van der Waals surface area contributed by atoms with Gasteiger partial charge in [-0.2, -0.15) is 0 Å². The molecule has 0 spiro atoms. The van der Waals surface area contributed by atoms with Gasteiger partial charge in [0.05, 0.1) is 24.7 Å². The van der Waals surface area contributed by atoms with E-state index in [0.717, 1.165) is 23.8 Å². The fraction of sp³-hybridized carbons (Fsp3) is 0.235. The summed E-state index contributed by atoms with van der Waals surface area (Å²) in [5.41, 5.74) is 0.519. The first-order chi connectivity index (χ1) is 12.0. The molecule has 0 aliphatic heterocycles. The predicted octanol–water partition coefficient (Wildman–Crippen LogP) is 2.29. The van der Waals surface area contributed by atoms with Crippen LogP contribution in [0.2, 0.25) is 0 Å². The molecule has 2 aromatic carbocycles. The van der Waals surface area contributed by atoms with Crippen LogP contribution in [-0.4, -0.2) is 36.7 Å². The average molecular weight is 346 g/mol. The highest BCUT2D eigenvalue weighted by molar-refractivity contribution is 5.97. The van der Waals surface area contributed by atoms with Crippen LogP contribution in [0.15, 0.2) is 36.4 Å². The Balaban J connectivity index is 2.01. The molecule has 2 rings (SSSR count). The van der Waals surface area contributed by atoms with Crippen molar-refractivity contribution in [3.8, 4) is 17.2 Å². The van der Waals surface area contributed by atoms with Crippen molar-refractivity contribution in [3.63, 3.8) is 0 Å². The van der Waals surface area contributed by atoms with Gasteiger partial charge in [-0.05, 0) is 30.2 Å². The number of non-ortho nitro benzene ring substituents is 1. The van der Waals surface area contributed by atoms with Gasteiger partial charge in [0, 0.05) is 18.7 Å². The number of nitro groups is 1. The van der Waals surface area contributed by atoms with Crippen LogP contribution >= 0.6 is 0 Å². The van der Waals surface area contributed by atoms with Gasteiger partial charge >= 0.3 is 0 Å². The van der Waals surface area contributed by atoms with E-state index in [9.17, 15) is 20.0 Å². The molecule has 8 heteroatoms. The minimum Gasteiger partial charge on any atom is -0.507 e. The monoisotopic (exact) mass is 346 g/mol. The van der Waals surface area contributed by atoms with E-state index in [0.29, 0.717) is 17.9 Å². The fourth-order valence-corrected chi connectivity index (χ4v) is 2.27. The summed E-state index contributed by atoms with van der Waals surface area (Å²) in [6.45, 7) is 0.288. The van der Waals surface area contributed by atoms with E-state index in [1.54, 1.807) is 19.2 Å². The van der Waals surface area contributed by atoms with Crippen LogP contribution in [0.25, 0.3) is 0 Å². The van der Waals surface area contributed by atoms with Crippen LogP contribution in [-0.2, 0) is 6.42 Å². The molecule has 2 aromatic rings. The highest BCUT2D eigenvalue weighted by atomic mass is 16.6. The van der Waals surface area contributed by atoms with Crippen molar-refractivity contribution in [1.29, 1.82) is 0 Å². The number of phenols is 1. The van der Waals surface area contributed by atoms with Crippen molar-refractivity contribution >= 4 is 11.6 Å². The normalized spacial score (nSPS) is 10.2. The van der Waals surface area contributed by atoms with Crippen LogP contribution in [0.3, 0.4) is 0 Å². The first kappa shape index (κ1) is 18.1. The van der Waals surface area contributed by atoms with E-state index in [2.05, 4.69) is 5.32 Å². The van der Waals surface area contributed by atoms with Gasteiger partial charge in [0.1, 0.15) is 5.75 Å². The number of phenolic OH excluding ortho intramolecular Hbond substituents is 1. The second-order valence-corrected chi connectivity index (χ2v) is 5.15. The third-order valence-corrected chi connectivity index (χ3v) is 3.58. The van der Waals surface area contributed by atoms with E-state index >= 15 is 0 Å². The van der Waals surface area contributed by atoms with E-state index in [4.69, 9.17) is 9.47 Å². The van der Waals surface area contributed by atoms with Gasteiger partial charge in [-0.15, -0.1) is 0 Å². The molecular weight excluding hydrogens is 328 g/mol. The van der Waals surface area contributed by atoms with E-state index in [1.807, 2.05) is 6.07 Å². The zero-order valence-electron chi connectivity index (χ0n) is 13.8. The number of amides is 1. The fourth-order valence-electron chi connectivity index (χ4n) is 2.27. The largest absolute Gasteiger partial charge is 0.507 e. The van der Waals surface area contributed by atoms with Gasteiger partial charge in [-0.25, -0.2) is 0 Å². The number of hydrogen-bond donors (Lipinski definition) is 2. The maximum absolute atomic E-state index is 12.1. The Kier molecular flexibility index (Phi) is 5.78. The second kappa shape index (κ2) is 8.00. The molecule has 0 saturated carbocycles. The lowest BCUT2D eigenvalue weighted by molar-refractivity contribution is -0.384. The third kappa shape index (κ3) is 4.37. The molecule has 0 saturated heterocycles. The summed E-state index contributed by atoms with van der Waals surface area (Å²) >= 11 is 0. The molecule has 132 valence electrons. The molecule has 0 bridgehead atoms. The van der Waals surface area contributed by atoms with Crippen molar-refractivity contribution in [3.05, 3.63) is 57.6 Å². The molecule has 1 amide bonds. The predicted molar refractivity (Wildman–Crippen MR) is 90.3 cm³/mol. The highest BCUT2D eigenvalue weighted by Crippen LogP contribution is 2.27. The Morgan fingerprint density at radius 3 is 2.52 bits per heavy atom. The van der Waals surface area contributed by atoms with Crippen LogP contribution in [0.4, 0.5) is 5.69 Å². The number of carbonyl (C=O) groups is 1. The summed E-state index contributed by atoms with van der Waals surface area (Å²) in [6.07, 6.45) is 0.516. The maximum Gasteiger partial charge on any atom is 0.270 e. The number of ether oxygens (including phenoxy) is 2. The smallest absolute Gasteiger partial charge is 0.270 e. The molecular formula is C17H18N2O6. The van der Waals surface area contributed by atoms with Crippen LogP contribution in [0.5, 0.6) is 17.2 Å². The summed E-state index contributed by atoms with van der Waals surface area (Å²) in [5, 5.41) is 23.1. The van der Waals surface area contributed by atoms with E-state index in [1.165, 1.54) is 7.11 Å². The second-order valence-electron chi connectivity index (χ2n) is 5.15. The number of benzene rings is 2. The van der Waals surface area contributed by atoms with Crippen molar-refractivity contribution < 1.29 is 24.3 Å². The number of carbonyl (C=O) groups excluding carboxylic acids is 1. The lowest BCUT2D eigenvalue weighted by atomic mass is 10.1. The summed E-state index contributed by atoms with van der Waals surface area (Å²) < 4.78 is 10.4. The molecule has 0 radical (unpaired) electrons.